The number of allylic oxidation sites excluding steroid dienone is 1. The smallest absolute Gasteiger partial charge is 0.255 e. The number of rotatable bonds is 5. The summed E-state index contributed by atoms with van der Waals surface area (Å²) in [6.45, 7) is 4.15. The molecule has 2 aromatic heterocycles. The average molecular weight is 482 g/mol. The van der Waals surface area contributed by atoms with Crippen molar-refractivity contribution in [1.82, 2.24) is 30.2 Å². The molecule has 1 unspecified atom stereocenters. The predicted molar refractivity (Wildman–Crippen MR) is 134 cm³/mol. The van der Waals surface area contributed by atoms with Gasteiger partial charge in [-0.1, -0.05) is 24.8 Å². The van der Waals surface area contributed by atoms with Gasteiger partial charge in [-0.05, 0) is 37.1 Å². The maximum absolute atomic E-state index is 13.2. The van der Waals surface area contributed by atoms with Gasteiger partial charge in [0, 0.05) is 29.1 Å². The van der Waals surface area contributed by atoms with E-state index < -0.39 is 6.04 Å². The number of carbonyl (C=O) groups excluding carboxylic acids is 2. The van der Waals surface area contributed by atoms with Gasteiger partial charge in [0.1, 0.15) is 17.3 Å². The zero-order chi connectivity index (χ0) is 24.8. The number of hydrogen-bond acceptors (Lipinski definition) is 7. The number of fused-ring (bicyclic) bond motifs is 2. The Morgan fingerprint density at radius 2 is 1.94 bits per heavy atom. The Morgan fingerprint density at radius 3 is 2.78 bits per heavy atom. The zero-order valence-corrected chi connectivity index (χ0v) is 19.5. The normalized spacial score (nSPS) is 17.3. The number of methoxy groups -OCH3 is 1. The van der Waals surface area contributed by atoms with Crippen LogP contribution in [-0.4, -0.2) is 49.8 Å². The summed E-state index contributed by atoms with van der Waals surface area (Å²) >= 11 is 0. The molecule has 0 saturated carbocycles. The van der Waals surface area contributed by atoms with Gasteiger partial charge in [0.05, 0.1) is 19.0 Å². The zero-order valence-electron chi connectivity index (χ0n) is 19.5. The molecule has 4 aromatic rings. The van der Waals surface area contributed by atoms with Crippen molar-refractivity contribution in [2.75, 3.05) is 12.4 Å². The van der Waals surface area contributed by atoms with Crippen LogP contribution in [0.2, 0.25) is 0 Å². The van der Waals surface area contributed by atoms with Crippen LogP contribution in [-0.2, 0) is 11.3 Å². The van der Waals surface area contributed by atoms with Crippen molar-refractivity contribution in [3.8, 4) is 17.1 Å². The molecule has 10 nitrogen and oxygen atoms in total. The minimum atomic E-state index is -0.529. The van der Waals surface area contributed by atoms with Crippen LogP contribution in [0.1, 0.15) is 28.8 Å². The first-order valence-corrected chi connectivity index (χ1v) is 11.6. The van der Waals surface area contributed by atoms with Crippen LogP contribution in [0.25, 0.3) is 22.6 Å². The number of benzene rings is 2. The van der Waals surface area contributed by atoms with Gasteiger partial charge in [-0.15, -0.1) is 0 Å². The number of H-pyrrole nitrogens is 1. The van der Waals surface area contributed by atoms with E-state index in [-0.39, 0.29) is 11.8 Å². The quantitative estimate of drug-likeness (QED) is 0.398. The van der Waals surface area contributed by atoms with Crippen LogP contribution in [0.3, 0.4) is 0 Å². The number of hydrogen-bond donors (Lipinski definition) is 3. The highest BCUT2D eigenvalue weighted by atomic mass is 16.5. The van der Waals surface area contributed by atoms with Gasteiger partial charge in [0.25, 0.3) is 5.91 Å². The van der Waals surface area contributed by atoms with E-state index in [2.05, 4.69) is 32.2 Å². The summed E-state index contributed by atoms with van der Waals surface area (Å²) in [5, 5.41) is 6.16. The highest BCUT2D eigenvalue weighted by Gasteiger charge is 2.39. The van der Waals surface area contributed by atoms with E-state index in [0.29, 0.717) is 59.2 Å². The molecule has 6 rings (SSSR count). The van der Waals surface area contributed by atoms with E-state index in [4.69, 9.17) is 9.72 Å². The van der Waals surface area contributed by atoms with Crippen molar-refractivity contribution in [3.63, 3.8) is 0 Å². The number of imidazole rings is 1. The van der Waals surface area contributed by atoms with E-state index in [0.717, 1.165) is 16.8 Å². The number of ether oxygens (including phenoxy) is 1. The summed E-state index contributed by atoms with van der Waals surface area (Å²) in [6, 6.07) is 12.5. The molecular formula is C26H23N7O3. The number of piperidine rings is 1. The maximum Gasteiger partial charge on any atom is 0.255 e. The molecule has 0 bridgehead atoms. The fourth-order valence-corrected chi connectivity index (χ4v) is 4.78. The second kappa shape index (κ2) is 8.49. The van der Waals surface area contributed by atoms with Gasteiger partial charge in [0.2, 0.25) is 5.91 Å². The van der Waals surface area contributed by atoms with Crippen molar-refractivity contribution in [3.05, 3.63) is 72.2 Å². The van der Waals surface area contributed by atoms with E-state index in [1.165, 1.54) is 0 Å². The Labute approximate surface area is 206 Å². The molecule has 2 aliphatic heterocycles. The standard InChI is InChI=1S/C26H23N7O3/c1-14-10-11-19(25(34)29-14)33-12-17-15(26(33)35)7-5-8-18(17)30-24-21-23(28-13-27-21)31-22(32-24)16-6-3-4-9-20(16)36-2/h3-9,13,19H,1,10-12H2,2H3,(H,29,34)(H2,27,28,30,31,32). The second-order valence-electron chi connectivity index (χ2n) is 8.73. The number of carbonyl (C=O) groups is 2. The van der Waals surface area contributed by atoms with Crippen LogP contribution in [0.5, 0.6) is 5.75 Å². The molecule has 4 heterocycles. The Kier molecular flexibility index (Phi) is 5.14. The second-order valence-corrected chi connectivity index (χ2v) is 8.73. The van der Waals surface area contributed by atoms with Crippen LogP contribution in [0.15, 0.2) is 61.1 Å². The molecule has 36 heavy (non-hydrogen) atoms. The monoisotopic (exact) mass is 481 g/mol. The molecule has 0 aliphatic carbocycles. The third-order valence-corrected chi connectivity index (χ3v) is 6.58. The van der Waals surface area contributed by atoms with Gasteiger partial charge >= 0.3 is 0 Å². The third kappa shape index (κ3) is 3.54. The van der Waals surface area contributed by atoms with Gasteiger partial charge in [-0.3, -0.25) is 9.59 Å². The van der Waals surface area contributed by atoms with Gasteiger partial charge in [0.15, 0.2) is 17.3 Å². The molecule has 0 spiro atoms. The summed E-state index contributed by atoms with van der Waals surface area (Å²) in [5.74, 6) is 1.26. The average Bonchev–Trinajstić information content (AvgIpc) is 3.49. The van der Waals surface area contributed by atoms with Gasteiger partial charge in [-0.2, -0.15) is 0 Å². The highest BCUT2D eigenvalue weighted by molar-refractivity contribution is 6.03. The summed E-state index contributed by atoms with van der Waals surface area (Å²) in [6.07, 6.45) is 2.76. The van der Waals surface area contributed by atoms with Crippen molar-refractivity contribution in [2.24, 2.45) is 0 Å². The van der Waals surface area contributed by atoms with Crippen molar-refractivity contribution in [2.45, 2.75) is 25.4 Å². The molecule has 3 N–H and O–H groups in total. The highest BCUT2D eigenvalue weighted by Crippen LogP contribution is 2.36. The maximum atomic E-state index is 13.2. The lowest BCUT2D eigenvalue weighted by molar-refractivity contribution is -0.126. The molecule has 1 saturated heterocycles. The first-order chi connectivity index (χ1) is 17.5. The van der Waals surface area contributed by atoms with Gasteiger partial charge in [-0.25, -0.2) is 15.0 Å². The molecule has 2 aromatic carbocycles. The first-order valence-electron chi connectivity index (χ1n) is 11.6. The number of amides is 2. The molecule has 180 valence electrons. The Morgan fingerprint density at radius 1 is 1.11 bits per heavy atom. The van der Waals surface area contributed by atoms with E-state index in [9.17, 15) is 9.59 Å². The van der Waals surface area contributed by atoms with Gasteiger partial charge < -0.3 is 25.3 Å². The molecule has 2 amide bonds. The Bertz CT molecular complexity index is 1540. The number of nitrogens with zero attached hydrogens (tertiary/aromatic N) is 4. The molecule has 1 atom stereocenters. The topological polar surface area (TPSA) is 125 Å². The molecule has 2 aliphatic rings. The number of anilines is 2. The number of aromatic nitrogens is 4. The van der Waals surface area contributed by atoms with E-state index in [1.54, 1.807) is 24.4 Å². The van der Waals surface area contributed by atoms with E-state index in [1.807, 2.05) is 36.4 Å². The summed E-state index contributed by atoms with van der Waals surface area (Å²) < 4.78 is 5.50. The molecular weight excluding hydrogens is 458 g/mol. The lowest BCUT2D eigenvalue weighted by Crippen LogP contribution is -2.49. The summed E-state index contributed by atoms with van der Waals surface area (Å²) in [5.41, 5.74) is 4.65. The fraction of sp³-hybridized carbons (Fsp3) is 0.192. The number of aromatic amines is 1. The molecule has 10 heteroatoms. The third-order valence-electron chi connectivity index (χ3n) is 6.58. The van der Waals surface area contributed by atoms with Crippen molar-refractivity contribution in [1.29, 1.82) is 0 Å². The molecule has 0 radical (unpaired) electrons. The van der Waals surface area contributed by atoms with Crippen LogP contribution >= 0.6 is 0 Å². The fourth-order valence-electron chi connectivity index (χ4n) is 4.78. The Hall–Kier alpha value is -4.73. The van der Waals surface area contributed by atoms with Crippen LogP contribution in [0, 0.1) is 0 Å². The number of nitrogens with one attached hydrogen (secondary N) is 3. The lowest BCUT2D eigenvalue weighted by Gasteiger charge is -2.31. The minimum Gasteiger partial charge on any atom is -0.496 e. The summed E-state index contributed by atoms with van der Waals surface area (Å²) in [7, 11) is 1.60. The predicted octanol–water partition coefficient (Wildman–Crippen LogP) is 3.52. The molecule has 1 fully saturated rings. The van der Waals surface area contributed by atoms with E-state index >= 15 is 0 Å². The Balaban J connectivity index is 1.37. The minimum absolute atomic E-state index is 0.162. The summed E-state index contributed by atoms with van der Waals surface area (Å²) in [4.78, 5) is 44.3. The SMILES string of the molecule is C=C1CCC(N2Cc3c(Nc4nc(-c5ccccc5OC)nc5nc[nH]c45)cccc3C2=O)C(=O)N1. The van der Waals surface area contributed by atoms with Crippen LogP contribution in [0.4, 0.5) is 11.5 Å². The lowest BCUT2D eigenvalue weighted by atomic mass is 10.0. The van der Waals surface area contributed by atoms with Crippen molar-refractivity contribution < 1.29 is 14.3 Å². The largest absolute Gasteiger partial charge is 0.496 e. The van der Waals surface area contributed by atoms with Crippen LogP contribution < -0.4 is 15.4 Å². The van der Waals surface area contributed by atoms with Crippen molar-refractivity contribution >= 4 is 34.5 Å². The first kappa shape index (κ1) is 21.8. The number of para-hydroxylation sites is 1.